The Balaban J connectivity index is 1.19. The highest BCUT2D eigenvalue weighted by atomic mass is 19.2. The van der Waals surface area contributed by atoms with Crippen LogP contribution in [0.4, 0.5) is 17.6 Å². The lowest BCUT2D eigenvalue weighted by Crippen LogP contribution is -2.16. The molecular formula is C32H34F4O2. The van der Waals surface area contributed by atoms with Crippen LogP contribution in [0.3, 0.4) is 0 Å². The molecule has 2 atom stereocenters. The van der Waals surface area contributed by atoms with Gasteiger partial charge in [0.15, 0.2) is 23.3 Å². The van der Waals surface area contributed by atoms with Gasteiger partial charge in [0.25, 0.3) is 0 Å². The summed E-state index contributed by atoms with van der Waals surface area (Å²) in [7, 11) is 0. The van der Waals surface area contributed by atoms with Gasteiger partial charge in [-0.15, -0.1) is 0 Å². The Morgan fingerprint density at radius 1 is 0.816 bits per heavy atom. The van der Waals surface area contributed by atoms with E-state index in [1.807, 2.05) is 6.92 Å². The van der Waals surface area contributed by atoms with Gasteiger partial charge in [-0.1, -0.05) is 61.9 Å². The summed E-state index contributed by atoms with van der Waals surface area (Å²) in [5.74, 6) is -2.94. The maximum atomic E-state index is 15.2. The Kier molecular flexibility index (Phi) is 8.20. The van der Waals surface area contributed by atoms with Gasteiger partial charge < -0.3 is 9.84 Å². The van der Waals surface area contributed by atoms with Crippen molar-refractivity contribution in [3.63, 3.8) is 0 Å². The molecule has 1 aliphatic carbocycles. The lowest BCUT2D eigenvalue weighted by atomic mass is 9.76. The number of hydrogen-bond donors (Lipinski definition) is 1. The van der Waals surface area contributed by atoms with Crippen molar-refractivity contribution < 1.29 is 27.4 Å². The number of aryl methyl sites for hydroxylation is 1. The Labute approximate surface area is 221 Å². The summed E-state index contributed by atoms with van der Waals surface area (Å²) in [5.41, 5.74) is 2.63. The highest BCUT2D eigenvalue weighted by Crippen LogP contribution is 2.41. The maximum absolute atomic E-state index is 15.2. The van der Waals surface area contributed by atoms with Gasteiger partial charge in [-0.25, -0.2) is 17.6 Å². The molecule has 1 saturated heterocycles. The fraction of sp³-hybridized carbons (Fsp3) is 0.438. The van der Waals surface area contributed by atoms with Crippen LogP contribution in [-0.2, 0) is 11.2 Å². The molecule has 38 heavy (non-hydrogen) atoms. The van der Waals surface area contributed by atoms with Crippen molar-refractivity contribution in [3.05, 3.63) is 94.1 Å². The summed E-state index contributed by atoms with van der Waals surface area (Å²) in [6.07, 6.45) is 4.97. The second-order valence-electron chi connectivity index (χ2n) is 10.8. The molecule has 2 aliphatic rings. The van der Waals surface area contributed by atoms with Crippen molar-refractivity contribution >= 4 is 0 Å². The van der Waals surface area contributed by atoms with E-state index in [1.165, 1.54) is 0 Å². The van der Waals surface area contributed by atoms with Crippen LogP contribution in [0, 0.1) is 29.2 Å². The Morgan fingerprint density at radius 2 is 1.47 bits per heavy atom. The van der Waals surface area contributed by atoms with Crippen LogP contribution in [0.25, 0.3) is 11.1 Å². The van der Waals surface area contributed by atoms with E-state index in [0.717, 1.165) is 44.1 Å². The van der Waals surface area contributed by atoms with E-state index in [2.05, 4.69) is 0 Å². The Hall–Kier alpha value is -2.70. The Morgan fingerprint density at radius 3 is 2.13 bits per heavy atom. The molecular weight excluding hydrogens is 492 g/mol. The zero-order chi connectivity index (χ0) is 26.8. The zero-order valence-electron chi connectivity index (χ0n) is 21.7. The van der Waals surface area contributed by atoms with Crippen LogP contribution in [0.5, 0.6) is 0 Å². The minimum absolute atomic E-state index is 0.0617. The summed E-state index contributed by atoms with van der Waals surface area (Å²) >= 11 is 0. The number of benzene rings is 3. The quantitative estimate of drug-likeness (QED) is 0.223. The zero-order valence-corrected chi connectivity index (χ0v) is 21.7. The van der Waals surface area contributed by atoms with E-state index < -0.39 is 29.4 Å². The normalized spacial score (nSPS) is 21.9. The number of aliphatic hydroxyl groups excluding tert-OH is 1. The van der Waals surface area contributed by atoms with Gasteiger partial charge in [-0.2, -0.15) is 0 Å². The number of epoxide rings is 1. The molecule has 0 radical (unpaired) electrons. The number of halogens is 4. The lowest BCUT2D eigenvalue weighted by molar-refractivity contribution is 0.166. The molecule has 2 unspecified atom stereocenters. The predicted octanol–water partition coefficient (Wildman–Crippen LogP) is 8.72. The molecule has 1 aliphatic heterocycles. The van der Waals surface area contributed by atoms with Gasteiger partial charge in [-0.3, -0.25) is 0 Å². The smallest absolute Gasteiger partial charge is 0.166 e. The number of rotatable bonds is 9. The molecule has 0 amide bonds. The largest absolute Gasteiger partial charge is 0.388 e. The third kappa shape index (κ3) is 5.67. The van der Waals surface area contributed by atoms with E-state index in [0.29, 0.717) is 42.1 Å². The van der Waals surface area contributed by atoms with E-state index in [-0.39, 0.29) is 23.1 Å². The van der Waals surface area contributed by atoms with Gasteiger partial charge >= 0.3 is 0 Å². The van der Waals surface area contributed by atoms with E-state index in [1.54, 1.807) is 48.5 Å². The predicted molar refractivity (Wildman–Crippen MR) is 140 cm³/mol. The van der Waals surface area contributed by atoms with Crippen LogP contribution in [0.1, 0.15) is 92.2 Å². The highest BCUT2D eigenvalue weighted by Gasteiger charge is 2.31. The van der Waals surface area contributed by atoms with Gasteiger partial charge in [-0.05, 0) is 79.0 Å². The molecule has 1 heterocycles. The summed E-state index contributed by atoms with van der Waals surface area (Å²) in [4.78, 5) is 0. The fourth-order valence-corrected chi connectivity index (χ4v) is 5.82. The van der Waals surface area contributed by atoms with Crippen LogP contribution in [0.2, 0.25) is 0 Å². The molecule has 0 aromatic heterocycles. The second kappa shape index (κ2) is 11.6. The minimum atomic E-state index is -0.843. The standard InChI is InChI=1S/C32H34F4O2/c1-2-3-27(37)22-12-10-21(11-13-22)25-17-16-24(30(34)31(25)35)20-7-4-19(5-8-20)6-9-23-14-15-26(28-18-38-28)32(36)29(23)33/h10-17,19-20,27-28,37H,2-9,18H2,1H3. The van der Waals surface area contributed by atoms with Gasteiger partial charge in [0.05, 0.1) is 12.7 Å². The summed E-state index contributed by atoms with van der Waals surface area (Å²) in [5, 5.41) is 10.2. The first-order chi connectivity index (χ1) is 18.4. The third-order valence-electron chi connectivity index (χ3n) is 8.26. The molecule has 1 saturated carbocycles. The average Bonchev–Trinajstić information content (AvgIpc) is 3.77. The van der Waals surface area contributed by atoms with Crippen LogP contribution >= 0.6 is 0 Å². The van der Waals surface area contributed by atoms with Crippen LogP contribution < -0.4 is 0 Å². The first-order valence-corrected chi connectivity index (χ1v) is 13.7. The molecule has 6 heteroatoms. The second-order valence-corrected chi connectivity index (χ2v) is 10.8. The van der Waals surface area contributed by atoms with Crippen molar-refractivity contribution in [2.24, 2.45) is 5.92 Å². The molecule has 2 fully saturated rings. The summed E-state index contributed by atoms with van der Waals surface area (Å²) < 4.78 is 64.2. The molecule has 202 valence electrons. The molecule has 2 nitrogen and oxygen atoms in total. The SMILES string of the molecule is CCCC(O)c1ccc(-c2ccc(C3CCC(CCc4ccc(C5CO5)c(F)c4F)CC3)c(F)c2F)cc1. The number of aliphatic hydroxyl groups is 1. The fourth-order valence-electron chi connectivity index (χ4n) is 5.82. The topological polar surface area (TPSA) is 32.8 Å². The monoisotopic (exact) mass is 526 g/mol. The lowest BCUT2D eigenvalue weighted by Gasteiger charge is -2.29. The van der Waals surface area contributed by atoms with Crippen molar-refractivity contribution in [1.29, 1.82) is 0 Å². The molecule has 3 aromatic rings. The molecule has 1 N–H and O–H groups in total. The summed E-state index contributed by atoms with van der Waals surface area (Å²) in [6, 6.07) is 13.6. The van der Waals surface area contributed by atoms with Gasteiger partial charge in [0, 0.05) is 11.1 Å². The van der Waals surface area contributed by atoms with Gasteiger partial charge in [0.2, 0.25) is 0 Å². The Bertz CT molecular complexity index is 1260. The molecule has 5 rings (SSSR count). The molecule has 3 aromatic carbocycles. The molecule has 0 bridgehead atoms. The van der Waals surface area contributed by atoms with Crippen molar-refractivity contribution in [2.75, 3.05) is 6.61 Å². The van der Waals surface area contributed by atoms with Crippen LogP contribution in [0.15, 0.2) is 48.5 Å². The number of hydrogen-bond acceptors (Lipinski definition) is 2. The van der Waals surface area contributed by atoms with E-state index in [4.69, 9.17) is 4.74 Å². The van der Waals surface area contributed by atoms with E-state index in [9.17, 15) is 13.9 Å². The third-order valence-corrected chi connectivity index (χ3v) is 8.26. The highest BCUT2D eigenvalue weighted by molar-refractivity contribution is 5.65. The van der Waals surface area contributed by atoms with Crippen molar-refractivity contribution in [3.8, 4) is 11.1 Å². The molecule has 0 spiro atoms. The summed E-state index contributed by atoms with van der Waals surface area (Å²) in [6.45, 7) is 2.43. The van der Waals surface area contributed by atoms with Crippen molar-refractivity contribution in [2.45, 2.75) is 76.4 Å². The maximum Gasteiger partial charge on any atom is 0.166 e. The van der Waals surface area contributed by atoms with Gasteiger partial charge in [0.1, 0.15) is 6.10 Å². The van der Waals surface area contributed by atoms with E-state index >= 15 is 8.78 Å². The number of ether oxygens (including phenoxy) is 1. The first kappa shape index (κ1) is 26.9. The average molecular weight is 527 g/mol. The minimum Gasteiger partial charge on any atom is -0.388 e. The first-order valence-electron chi connectivity index (χ1n) is 13.7. The van der Waals surface area contributed by atoms with Crippen LogP contribution in [-0.4, -0.2) is 11.7 Å². The van der Waals surface area contributed by atoms with Crippen molar-refractivity contribution in [1.82, 2.24) is 0 Å².